The summed E-state index contributed by atoms with van der Waals surface area (Å²) in [5.41, 5.74) is 4.52. The monoisotopic (exact) mass is 362 g/mol. The number of likely N-dealkylation sites (tertiary alicyclic amines) is 1. The maximum Gasteiger partial charge on any atom is 0.127 e. The summed E-state index contributed by atoms with van der Waals surface area (Å²) in [6.07, 6.45) is 6.71. The first-order valence-corrected chi connectivity index (χ1v) is 9.73. The predicted molar refractivity (Wildman–Crippen MR) is 106 cm³/mol. The lowest BCUT2D eigenvalue weighted by atomic mass is 9.92. The first kappa shape index (κ1) is 17.9. The molecule has 0 spiro atoms. The van der Waals surface area contributed by atoms with Crippen LogP contribution in [0.1, 0.15) is 54.8 Å². The summed E-state index contributed by atoms with van der Waals surface area (Å²) in [5, 5.41) is 0. The number of hydrogen-bond donors (Lipinski definition) is 0. The quantitative estimate of drug-likeness (QED) is 0.638. The van der Waals surface area contributed by atoms with Crippen molar-refractivity contribution in [1.82, 2.24) is 19.4 Å². The van der Waals surface area contributed by atoms with Gasteiger partial charge in [-0.3, -0.25) is 9.88 Å². The number of para-hydroxylation sites is 2. The maximum atomic E-state index is 11.0. The van der Waals surface area contributed by atoms with Gasteiger partial charge in [0.25, 0.3) is 0 Å². The molecule has 5 nitrogen and oxygen atoms in total. The SMILES string of the molecule is Cc1cccnc1C1CCCC(c2nc3ccccc3n2CCC=O)N1C. The average Bonchev–Trinajstić information content (AvgIpc) is 3.05. The van der Waals surface area contributed by atoms with Crippen LogP contribution in [-0.4, -0.2) is 32.8 Å². The number of aldehydes is 1. The molecule has 0 saturated carbocycles. The minimum atomic E-state index is 0.226. The second kappa shape index (κ2) is 7.61. The van der Waals surface area contributed by atoms with Gasteiger partial charge >= 0.3 is 0 Å². The van der Waals surface area contributed by atoms with Gasteiger partial charge in [0.2, 0.25) is 0 Å². The van der Waals surface area contributed by atoms with Crippen molar-refractivity contribution in [3.63, 3.8) is 0 Å². The molecule has 5 heteroatoms. The third-order valence-electron chi connectivity index (χ3n) is 5.76. The molecule has 4 rings (SSSR count). The molecule has 2 unspecified atom stereocenters. The molecule has 140 valence electrons. The fourth-order valence-electron chi connectivity index (χ4n) is 4.38. The van der Waals surface area contributed by atoms with E-state index in [2.05, 4.69) is 46.6 Å². The van der Waals surface area contributed by atoms with Crippen LogP contribution in [0.4, 0.5) is 0 Å². The number of benzene rings is 1. The zero-order valence-electron chi connectivity index (χ0n) is 16.0. The molecule has 27 heavy (non-hydrogen) atoms. The highest BCUT2D eigenvalue weighted by molar-refractivity contribution is 5.76. The van der Waals surface area contributed by atoms with Crippen LogP contribution in [0.2, 0.25) is 0 Å². The Balaban J connectivity index is 1.74. The van der Waals surface area contributed by atoms with Crippen molar-refractivity contribution in [3.05, 3.63) is 59.7 Å². The average molecular weight is 362 g/mol. The lowest BCUT2D eigenvalue weighted by molar-refractivity contribution is -0.108. The van der Waals surface area contributed by atoms with Gasteiger partial charge in [-0.15, -0.1) is 0 Å². The largest absolute Gasteiger partial charge is 0.326 e. The molecule has 0 bridgehead atoms. The van der Waals surface area contributed by atoms with Gasteiger partial charge in [-0.1, -0.05) is 18.2 Å². The highest BCUT2D eigenvalue weighted by atomic mass is 16.1. The summed E-state index contributed by atoms with van der Waals surface area (Å²) in [7, 11) is 2.19. The molecule has 0 amide bonds. The van der Waals surface area contributed by atoms with E-state index in [1.165, 1.54) is 11.3 Å². The molecule has 2 aromatic heterocycles. The zero-order valence-corrected chi connectivity index (χ0v) is 16.0. The van der Waals surface area contributed by atoms with Crippen LogP contribution < -0.4 is 0 Å². The van der Waals surface area contributed by atoms with Crippen molar-refractivity contribution in [2.24, 2.45) is 0 Å². The van der Waals surface area contributed by atoms with Crippen LogP contribution >= 0.6 is 0 Å². The lowest BCUT2D eigenvalue weighted by Gasteiger charge is -2.39. The zero-order chi connectivity index (χ0) is 18.8. The first-order valence-electron chi connectivity index (χ1n) is 9.73. The third-order valence-corrected chi connectivity index (χ3v) is 5.76. The van der Waals surface area contributed by atoms with Crippen LogP contribution in [0.5, 0.6) is 0 Å². The minimum absolute atomic E-state index is 0.226. The number of carbonyl (C=O) groups excluding carboxylic acids is 1. The second-order valence-corrected chi connectivity index (χ2v) is 7.40. The number of aryl methyl sites for hydroxylation is 2. The highest BCUT2D eigenvalue weighted by Gasteiger charge is 2.34. The topological polar surface area (TPSA) is 51.0 Å². The van der Waals surface area contributed by atoms with Gasteiger partial charge in [0.1, 0.15) is 12.1 Å². The molecule has 2 atom stereocenters. The number of hydrogen-bond acceptors (Lipinski definition) is 4. The Bertz CT molecular complexity index is 948. The van der Waals surface area contributed by atoms with Crippen LogP contribution in [-0.2, 0) is 11.3 Å². The van der Waals surface area contributed by atoms with Gasteiger partial charge in [0.15, 0.2) is 0 Å². The van der Waals surface area contributed by atoms with Crippen molar-refractivity contribution >= 4 is 17.3 Å². The van der Waals surface area contributed by atoms with E-state index in [-0.39, 0.29) is 6.04 Å². The van der Waals surface area contributed by atoms with E-state index in [1.807, 2.05) is 24.4 Å². The normalized spacial score (nSPS) is 20.8. The number of imidazole rings is 1. The van der Waals surface area contributed by atoms with E-state index in [4.69, 9.17) is 4.98 Å². The summed E-state index contributed by atoms with van der Waals surface area (Å²) in [4.78, 5) is 23.1. The van der Waals surface area contributed by atoms with Crippen LogP contribution in [0.25, 0.3) is 11.0 Å². The Morgan fingerprint density at radius 1 is 1.15 bits per heavy atom. The van der Waals surface area contributed by atoms with Crippen molar-refractivity contribution in [1.29, 1.82) is 0 Å². The van der Waals surface area contributed by atoms with Crippen molar-refractivity contribution < 1.29 is 4.79 Å². The lowest BCUT2D eigenvalue weighted by Crippen LogP contribution is -2.35. The van der Waals surface area contributed by atoms with E-state index in [0.717, 1.165) is 42.4 Å². The molecular formula is C22H26N4O. The van der Waals surface area contributed by atoms with Crippen molar-refractivity contribution in [2.75, 3.05) is 7.05 Å². The molecule has 0 radical (unpaired) electrons. The van der Waals surface area contributed by atoms with E-state index in [0.29, 0.717) is 19.0 Å². The molecule has 1 aromatic carbocycles. The maximum absolute atomic E-state index is 11.0. The van der Waals surface area contributed by atoms with Crippen LogP contribution in [0.15, 0.2) is 42.6 Å². The van der Waals surface area contributed by atoms with Gasteiger partial charge in [0.05, 0.1) is 28.8 Å². The Morgan fingerprint density at radius 2 is 1.96 bits per heavy atom. The number of aromatic nitrogens is 3. The molecule has 1 fully saturated rings. The molecule has 1 saturated heterocycles. The van der Waals surface area contributed by atoms with Crippen LogP contribution in [0, 0.1) is 6.92 Å². The molecule has 1 aliphatic heterocycles. The fraction of sp³-hybridized carbons (Fsp3) is 0.409. The van der Waals surface area contributed by atoms with Gasteiger partial charge in [-0.25, -0.2) is 4.98 Å². The molecule has 3 heterocycles. The molecule has 0 N–H and O–H groups in total. The van der Waals surface area contributed by atoms with E-state index in [1.54, 1.807) is 0 Å². The predicted octanol–water partition coefficient (Wildman–Crippen LogP) is 4.23. The van der Waals surface area contributed by atoms with E-state index < -0.39 is 0 Å². The second-order valence-electron chi connectivity index (χ2n) is 7.40. The Hall–Kier alpha value is -2.53. The van der Waals surface area contributed by atoms with Crippen molar-refractivity contribution in [2.45, 2.75) is 51.2 Å². The van der Waals surface area contributed by atoms with Crippen molar-refractivity contribution in [3.8, 4) is 0 Å². The highest BCUT2D eigenvalue weighted by Crippen LogP contribution is 2.40. The van der Waals surface area contributed by atoms with Gasteiger partial charge in [-0.2, -0.15) is 0 Å². The Kier molecular flexibility index (Phi) is 5.03. The standard InChI is InChI=1S/C22H26N4O/c1-16-8-6-13-23-21(16)19-11-5-12-20(25(19)2)22-24-17-9-3-4-10-18(17)26(22)14-7-15-27/h3-4,6,8-10,13,15,19-20H,5,7,11-12,14H2,1-2H3. The number of pyridine rings is 1. The minimum Gasteiger partial charge on any atom is -0.326 e. The van der Waals surface area contributed by atoms with E-state index >= 15 is 0 Å². The first-order chi connectivity index (χ1) is 13.2. The number of nitrogens with zero attached hydrogens (tertiary/aromatic N) is 4. The fourth-order valence-corrected chi connectivity index (χ4v) is 4.38. The van der Waals surface area contributed by atoms with Gasteiger partial charge in [0, 0.05) is 19.2 Å². The number of piperidine rings is 1. The Morgan fingerprint density at radius 3 is 2.78 bits per heavy atom. The molecule has 1 aliphatic rings. The smallest absolute Gasteiger partial charge is 0.127 e. The number of fused-ring (bicyclic) bond motifs is 1. The van der Waals surface area contributed by atoms with Gasteiger partial charge in [-0.05, 0) is 57.0 Å². The Labute approximate surface area is 160 Å². The van der Waals surface area contributed by atoms with E-state index in [9.17, 15) is 4.79 Å². The summed E-state index contributed by atoms with van der Waals surface area (Å²) in [6, 6.07) is 12.9. The van der Waals surface area contributed by atoms with Gasteiger partial charge < -0.3 is 9.36 Å². The summed E-state index contributed by atoms with van der Waals surface area (Å²) < 4.78 is 2.23. The summed E-state index contributed by atoms with van der Waals surface area (Å²) in [6.45, 7) is 2.82. The summed E-state index contributed by atoms with van der Waals surface area (Å²) >= 11 is 0. The summed E-state index contributed by atoms with van der Waals surface area (Å²) in [5.74, 6) is 1.07. The van der Waals surface area contributed by atoms with Crippen LogP contribution in [0.3, 0.4) is 0 Å². The molecule has 3 aromatic rings. The third kappa shape index (κ3) is 3.28. The molecular weight excluding hydrogens is 336 g/mol. The number of rotatable bonds is 5. The molecule has 0 aliphatic carbocycles. The number of carbonyl (C=O) groups is 1.